The molecule has 0 aliphatic carbocycles. The summed E-state index contributed by atoms with van der Waals surface area (Å²) in [6.07, 6.45) is 3.51. The Balaban J connectivity index is 2.85. The van der Waals surface area contributed by atoms with Crippen LogP contribution >= 0.6 is 11.8 Å². The lowest BCUT2D eigenvalue weighted by molar-refractivity contribution is -0.159. The van der Waals surface area contributed by atoms with E-state index < -0.39 is 11.2 Å². The molecule has 1 rings (SSSR count). The maximum atomic E-state index is 12.5. The number of hydrogen-bond acceptors (Lipinski definition) is 5. The average molecular weight is 360 g/mol. The van der Waals surface area contributed by atoms with Gasteiger partial charge in [0.25, 0.3) is 0 Å². The predicted octanol–water partition coefficient (Wildman–Crippen LogP) is 4.10. The molecule has 0 aromatic carbocycles. The summed E-state index contributed by atoms with van der Waals surface area (Å²) in [6, 6.07) is -0.00244. The third kappa shape index (κ3) is 6.19. The first-order valence-corrected chi connectivity index (χ1v) is 9.90. The predicted molar refractivity (Wildman–Crippen MR) is 98.3 cm³/mol. The van der Waals surface area contributed by atoms with Gasteiger partial charge >= 0.3 is 12.1 Å². The number of likely N-dealkylation sites (tertiary alicyclic amines) is 1. The van der Waals surface area contributed by atoms with E-state index in [4.69, 9.17) is 9.47 Å². The first-order valence-electron chi connectivity index (χ1n) is 8.61. The Morgan fingerprint density at radius 3 is 2.08 bits per heavy atom. The topological polar surface area (TPSA) is 55.8 Å². The molecular formula is C18H33NO4S. The van der Waals surface area contributed by atoms with Gasteiger partial charge in [0.1, 0.15) is 11.2 Å². The van der Waals surface area contributed by atoms with Crippen LogP contribution in [0.5, 0.6) is 0 Å². The highest BCUT2D eigenvalue weighted by Crippen LogP contribution is 2.33. The lowest BCUT2D eigenvalue weighted by Gasteiger charge is -2.35. The minimum atomic E-state index is -0.518. The Bertz CT molecular complexity index is 453. The number of carbonyl (C=O) groups excluding carboxylic acids is 2. The van der Waals surface area contributed by atoms with E-state index in [0.29, 0.717) is 6.54 Å². The lowest BCUT2D eigenvalue weighted by atomic mass is 9.99. The van der Waals surface area contributed by atoms with Gasteiger partial charge in [0.15, 0.2) is 0 Å². The van der Waals surface area contributed by atoms with Crippen LogP contribution in [0.15, 0.2) is 0 Å². The van der Waals surface area contributed by atoms with E-state index in [2.05, 4.69) is 0 Å². The van der Waals surface area contributed by atoms with Gasteiger partial charge in [-0.25, -0.2) is 4.79 Å². The van der Waals surface area contributed by atoms with Gasteiger partial charge in [-0.3, -0.25) is 4.79 Å². The fourth-order valence-electron chi connectivity index (χ4n) is 2.90. The summed E-state index contributed by atoms with van der Waals surface area (Å²) in [6.45, 7) is 13.8. The van der Waals surface area contributed by atoms with E-state index in [1.165, 1.54) is 0 Å². The maximum absolute atomic E-state index is 12.5. The molecule has 0 saturated carbocycles. The largest absolute Gasteiger partial charge is 0.460 e. The van der Waals surface area contributed by atoms with E-state index in [1.54, 1.807) is 16.7 Å². The van der Waals surface area contributed by atoms with Crippen molar-refractivity contribution in [2.75, 3.05) is 12.8 Å². The second kappa shape index (κ2) is 7.98. The summed E-state index contributed by atoms with van der Waals surface area (Å²) < 4.78 is 11.1. The Morgan fingerprint density at radius 1 is 1.08 bits per heavy atom. The third-order valence-corrected chi connectivity index (χ3v) is 5.12. The first-order chi connectivity index (χ1) is 10.9. The molecule has 1 aliphatic rings. The summed E-state index contributed by atoms with van der Waals surface area (Å²) in [5.41, 5.74) is -1.02. The number of nitrogens with zero attached hydrogens (tertiary/aromatic N) is 1. The molecule has 0 radical (unpaired) electrons. The van der Waals surface area contributed by atoms with Crippen LogP contribution in [0.2, 0.25) is 0 Å². The number of ether oxygens (including phenoxy) is 2. The highest BCUT2D eigenvalue weighted by molar-refractivity contribution is 7.99. The fraction of sp³-hybridized carbons (Fsp3) is 0.889. The molecule has 1 aliphatic heterocycles. The van der Waals surface area contributed by atoms with E-state index in [9.17, 15) is 9.59 Å². The van der Waals surface area contributed by atoms with Crippen molar-refractivity contribution in [3.8, 4) is 0 Å². The molecule has 0 bridgehead atoms. The van der Waals surface area contributed by atoms with Crippen LogP contribution < -0.4 is 0 Å². The van der Waals surface area contributed by atoms with Gasteiger partial charge in [-0.1, -0.05) is 6.92 Å². The lowest BCUT2D eigenvalue weighted by Crippen LogP contribution is -2.47. The molecule has 1 saturated heterocycles. The van der Waals surface area contributed by atoms with E-state index in [-0.39, 0.29) is 29.3 Å². The zero-order chi connectivity index (χ0) is 18.7. The van der Waals surface area contributed by atoms with Gasteiger partial charge in [0.2, 0.25) is 0 Å². The van der Waals surface area contributed by atoms with Gasteiger partial charge < -0.3 is 14.4 Å². The van der Waals surface area contributed by atoms with Crippen molar-refractivity contribution in [2.45, 2.75) is 83.8 Å². The second-order valence-electron chi connectivity index (χ2n) is 8.41. The number of carbonyl (C=O) groups is 2. The zero-order valence-electron chi connectivity index (χ0n) is 16.3. The number of rotatable bonds is 4. The molecule has 1 fully saturated rings. The van der Waals surface area contributed by atoms with Gasteiger partial charge in [-0.2, -0.15) is 11.8 Å². The van der Waals surface area contributed by atoms with Crippen LogP contribution in [0, 0.1) is 5.92 Å². The van der Waals surface area contributed by atoms with Crippen LogP contribution in [-0.4, -0.2) is 52.3 Å². The molecule has 3 atom stereocenters. The molecule has 1 amide bonds. The molecule has 1 heterocycles. The molecule has 0 aromatic heterocycles. The summed E-state index contributed by atoms with van der Waals surface area (Å²) in [4.78, 5) is 26.7. The monoisotopic (exact) mass is 359 g/mol. The molecule has 0 N–H and O–H groups in total. The van der Waals surface area contributed by atoms with E-state index >= 15 is 0 Å². The summed E-state index contributed by atoms with van der Waals surface area (Å²) in [7, 11) is 0. The minimum Gasteiger partial charge on any atom is -0.460 e. The zero-order valence-corrected chi connectivity index (χ0v) is 17.2. The highest BCUT2D eigenvalue weighted by atomic mass is 32.2. The molecule has 140 valence electrons. The number of esters is 1. The molecule has 24 heavy (non-hydrogen) atoms. The Morgan fingerprint density at radius 2 is 1.62 bits per heavy atom. The van der Waals surface area contributed by atoms with Crippen molar-refractivity contribution in [2.24, 2.45) is 5.92 Å². The Hall–Kier alpha value is -0.910. The highest BCUT2D eigenvalue weighted by Gasteiger charge is 2.41. The smallest absolute Gasteiger partial charge is 0.410 e. The molecule has 0 aromatic rings. The first kappa shape index (κ1) is 21.1. The van der Waals surface area contributed by atoms with E-state index in [0.717, 1.165) is 12.8 Å². The third-order valence-electron chi connectivity index (χ3n) is 3.85. The number of hydrogen-bond donors (Lipinski definition) is 0. The molecule has 0 spiro atoms. The maximum Gasteiger partial charge on any atom is 0.410 e. The van der Waals surface area contributed by atoms with Crippen LogP contribution in [0.3, 0.4) is 0 Å². The molecule has 5 nitrogen and oxygen atoms in total. The normalized spacial score (nSPS) is 21.3. The Labute approximate surface area is 150 Å². The van der Waals surface area contributed by atoms with Crippen LogP contribution in [0.4, 0.5) is 4.79 Å². The van der Waals surface area contributed by atoms with Crippen LogP contribution in [-0.2, 0) is 14.3 Å². The Kier molecular flexibility index (Phi) is 7.03. The van der Waals surface area contributed by atoms with Crippen LogP contribution in [0.1, 0.15) is 61.3 Å². The number of amides is 1. The van der Waals surface area contributed by atoms with Crippen molar-refractivity contribution >= 4 is 23.8 Å². The SMILES string of the molecule is CS[C@@H](C1CCCN1C(=O)OC(C)(C)C)[C@@H](C)C(=O)OC(C)(C)C. The van der Waals surface area contributed by atoms with E-state index in [1.807, 2.05) is 54.7 Å². The summed E-state index contributed by atoms with van der Waals surface area (Å²) >= 11 is 1.62. The van der Waals surface area contributed by atoms with Crippen molar-refractivity contribution in [1.29, 1.82) is 0 Å². The summed E-state index contributed by atoms with van der Waals surface area (Å²) in [5, 5.41) is -0.00475. The van der Waals surface area contributed by atoms with Gasteiger partial charge in [-0.05, 0) is 60.6 Å². The van der Waals surface area contributed by atoms with Gasteiger partial charge in [0.05, 0.1) is 5.92 Å². The van der Waals surface area contributed by atoms with Crippen molar-refractivity contribution in [3.05, 3.63) is 0 Å². The standard InChI is InChI=1S/C18H33NO4S/c1-12(15(20)22-17(2,3)4)14(24-8)13-10-9-11-19(13)16(21)23-18(5,6)7/h12-14H,9-11H2,1-8H3/t12-,13?,14-/m1/s1. The van der Waals surface area contributed by atoms with Crippen LogP contribution in [0.25, 0.3) is 0 Å². The fourth-order valence-corrected chi connectivity index (χ4v) is 4.02. The van der Waals surface area contributed by atoms with Gasteiger partial charge in [0, 0.05) is 17.8 Å². The molecular weight excluding hydrogens is 326 g/mol. The van der Waals surface area contributed by atoms with Crippen molar-refractivity contribution in [1.82, 2.24) is 4.90 Å². The molecule has 1 unspecified atom stereocenters. The summed E-state index contributed by atoms with van der Waals surface area (Å²) in [5.74, 6) is -0.495. The van der Waals surface area contributed by atoms with Gasteiger partial charge in [-0.15, -0.1) is 0 Å². The van der Waals surface area contributed by atoms with Crippen molar-refractivity contribution in [3.63, 3.8) is 0 Å². The average Bonchev–Trinajstić information content (AvgIpc) is 2.84. The quantitative estimate of drug-likeness (QED) is 0.708. The number of thioether (sulfide) groups is 1. The minimum absolute atomic E-state index is 0.00244. The van der Waals surface area contributed by atoms with Crippen molar-refractivity contribution < 1.29 is 19.1 Å². The molecule has 6 heteroatoms. The second-order valence-corrected chi connectivity index (χ2v) is 9.42.